The molecule has 3 rings (SSSR count). The standard InChI is InChI=1S/C13H11N5/c14-7-10-1-3-11(4-2-10)13(15)6-5-12-16-9-17-18(12)8-13/h1-6,9H,8,15H2. The lowest BCUT2D eigenvalue weighted by molar-refractivity contribution is 0.421. The minimum absolute atomic E-state index is 0.546. The van der Waals surface area contributed by atoms with Gasteiger partial charge in [0.25, 0.3) is 0 Å². The highest BCUT2D eigenvalue weighted by Crippen LogP contribution is 2.26. The molecule has 2 N–H and O–H groups in total. The number of hydrogen-bond acceptors (Lipinski definition) is 4. The second-order valence-electron chi connectivity index (χ2n) is 4.34. The van der Waals surface area contributed by atoms with E-state index in [-0.39, 0.29) is 0 Å². The van der Waals surface area contributed by atoms with E-state index < -0.39 is 5.54 Å². The van der Waals surface area contributed by atoms with Crippen LogP contribution in [0.4, 0.5) is 0 Å². The number of nitriles is 1. The zero-order valence-electron chi connectivity index (χ0n) is 9.61. The van der Waals surface area contributed by atoms with Crippen molar-refractivity contribution in [2.24, 2.45) is 5.73 Å². The summed E-state index contributed by atoms with van der Waals surface area (Å²) < 4.78 is 1.78. The molecule has 0 fully saturated rings. The Balaban J connectivity index is 1.99. The molecule has 5 heteroatoms. The highest BCUT2D eigenvalue weighted by molar-refractivity contribution is 5.48. The van der Waals surface area contributed by atoms with E-state index in [0.717, 1.165) is 11.4 Å². The van der Waals surface area contributed by atoms with Gasteiger partial charge in [0, 0.05) is 0 Å². The SMILES string of the molecule is N#Cc1ccc(C2(N)C=Cc3ncnn3C2)cc1. The van der Waals surface area contributed by atoms with Crippen molar-refractivity contribution in [1.82, 2.24) is 14.8 Å². The van der Waals surface area contributed by atoms with Gasteiger partial charge in [-0.2, -0.15) is 10.4 Å². The molecule has 1 aromatic carbocycles. The third-order valence-corrected chi connectivity index (χ3v) is 3.14. The van der Waals surface area contributed by atoms with Crippen molar-refractivity contribution in [1.29, 1.82) is 5.26 Å². The van der Waals surface area contributed by atoms with Crippen LogP contribution in [0.25, 0.3) is 6.08 Å². The maximum Gasteiger partial charge on any atom is 0.150 e. The minimum Gasteiger partial charge on any atom is -0.317 e. The molecule has 88 valence electrons. The lowest BCUT2D eigenvalue weighted by atomic mass is 9.88. The molecule has 1 aliphatic rings. The molecule has 0 aliphatic carbocycles. The van der Waals surface area contributed by atoms with Gasteiger partial charge in [0.05, 0.1) is 23.7 Å². The summed E-state index contributed by atoms with van der Waals surface area (Å²) in [7, 11) is 0. The zero-order chi connectivity index (χ0) is 12.6. The fraction of sp³-hybridized carbons (Fsp3) is 0.154. The van der Waals surface area contributed by atoms with Gasteiger partial charge in [-0.1, -0.05) is 18.2 Å². The molecule has 0 spiro atoms. The molecule has 0 saturated heterocycles. The first kappa shape index (κ1) is 10.7. The number of nitrogens with zero attached hydrogens (tertiary/aromatic N) is 4. The quantitative estimate of drug-likeness (QED) is 0.803. The molecule has 0 bridgehead atoms. The highest BCUT2D eigenvalue weighted by Gasteiger charge is 2.29. The van der Waals surface area contributed by atoms with Gasteiger partial charge in [0.15, 0.2) is 5.82 Å². The number of benzene rings is 1. The first-order valence-electron chi connectivity index (χ1n) is 5.58. The maximum atomic E-state index is 8.79. The molecule has 2 heterocycles. The van der Waals surface area contributed by atoms with Crippen LogP contribution >= 0.6 is 0 Å². The highest BCUT2D eigenvalue weighted by atomic mass is 15.3. The van der Waals surface area contributed by atoms with E-state index >= 15 is 0 Å². The maximum absolute atomic E-state index is 8.79. The molecule has 0 radical (unpaired) electrons. The summed E-state index contributed by atoms with van der Waals surface area (Å²) in [6, 6.07) is 9.40. The van der Waals surface area contributed by atoms with Crippen LogP contribution in [0.3, 0.4) is 0 Å². The minimum atomic E-state index is -0.602. The average Bonchev–Trinajstić information content (AvgIpc) is 2.86. The predicted molar refractivity (Wildman–Crippen MR) is 66.1 cm³/mol. The van der Waals surface area contributed by atoms with Crippen molar-refractivity contribution in [3.05, 3.63) is 53.6 Å². The molecule has 1 aliphatic heterocycles. The van der Waals surface area contributed by atoms with Crippen molar-refractivity contribution < 1.29 is 0 Å². The van der Waals surface area contributed by atoms with Crippen molar-refractivity contribution in [2.45, 2.75) is 12.1 Å². The van der Waals surface area contributed by atoms with Crippen LogP contribution in [0.2, 0.25) is 0 Å². The Hall–Kier alpha value is -2.45. The fourth-order valence-corrected chi connectivity index (χ4v) is 2.09. The number of rotatable bonds is 1. The van der Waals surface area contributed by atoms with E-state index in [0.29, 0.717) is 12.1 Å². The topological polar surface area (TPSA) is 80.5 Å². The van der Waals surface area contributed by atoms with Gasteiger partial charge in [-0.05, 0) is 23.8 Å². The van der Waals surface area contributed by atoms with Crippen molar-refractivity contribution >= 4 is 6.08 Å². The largest absolute Gasteiger partial charge is 0.317 e. The van der Waals surface area contributed by atoms with E-state index in [1.54, 1.807) is 16.8 Å². The number of aromatic nitrogens is 3. The lowest BCUT2D eigenvalue weighted by Crippen LogP contribution is -2.41. The monoisotopic (exact) mass is 237 g/mol. The second kappa shape index (κ2) is 3.79. The second-order valence-corrected chi connectivity index (χ2v) is 4.34. The molecular weight excluding hydrogens is 226 g/mol. The van der Waals surface area contributed by atoms with Crippen LogP contribution in [0.15, 0.2) is 36.7 Å². The molecule has 2 aromatic rings. The molecule has 1 atom stereocenters. The van der Waals surface area contributed by atoms with Crippen molar-refractivity contribution in [3.8, 4) is 6.07 Å². The van der Waals surface area contributed by atoms with Gasteiger partial charge < -0.3 is 5.73 Å². The molecular formula is C13H11N5. The van der Waals surface area contributed by atoms with Gasteiger partial charge in [-0.3, -0.25) is 0 Å². The Morgan fingerprint density at radius 2 is 2.11 bits per heavy atom. The fourth-order valence-electron chi connectivity index (χ4n) is 2.09. The van der Waals surface area contributed by atoms with Gasteiger partial charge in [-0.15, -0.1) is 0 Å². The number of fused-ring (bicyclic) bond motifs is 1. The van der Waals surface area contributed by atoms with Gasteiger partial charge in [0.1, 0.15) is 6.33 Å². The van der Waals surface area contributed by atoms with E-state index in [2.05, 4.69) is 16.2 Å². The first-order valence-corrected chi connectivity index (χ1v) is 5.58. The van der Waals surface area contributed by atoms with E-state index in [4.69, 9.17) is 11.0 Å². The lowest BCUT2D eigenvalue weighted by Gasteiger charge is -2.29. The van der Waals surface area contributed by atoms with Crippen LogP contribution < -0.4 is 5.73 Å². The average molecular weight is 237 g/mol. The molecule has 5 nitrogen and oxygen atoms in total. The third kappa shape index (κ3) is 1.60. The molecule has 1 aromatic heterocycles. The number of nitrogens with two attached hydrogens (primary N) is 1. The summed E-state index contributed by atoms with van der Waals surface area (Å²) >= 11 is 0. The van der Waals surface area contributed by atoms with E-state index in [9.17, 15) is 0 Å². The van der Waals surface area contributed by atoms with Crippen molar-refractivity contribution in [2.75, 3.05) is 0 Å². The van der Waals surface area contributed by atoms with Gasteiger partial charge in [0.2, 0.25) is 0 Å². The van der Waals surface area contributed by atoms with Gasteiger partial charge in [-0.25, -0.2) is 9.67 Å². The van der Waals surface area contributed by atoms with Crippen LogP contribution in [0, 0.1) is 11.3 Å². The van der Waals surface area contributed by atoms with E-state index in [1.165, 1.54) is 6.33 Å². The summed E-state index contributed by atoms with van der Waals surface area (Å²) in [5.41, 5.74) is 7.37. The predicted octanol–water partition coefficient (Wildman–Crippen LogP) is 1.03. The third-order valence-electron chi connectivity index (χ3n) is 3.14. The Bertz CT molecular complexity index is 647. The number of hydrogen-bond donors (Lipinski definition) is 1. The normalized spacial score (nSPS) is 21.3. The van der Waals surface area contributed by atoms with Crippen LogP contribution in [0.1, 0.15) is 17.0 Å². The molecule has 1 unspecified atom stereocenters. The summed E-state index contributed by atoms with van der Waals surface area (Å²) in [6.45, 7) is 0.546. The Morgan fingerprint density at radius 3 is 2.83 bits per heavy atom. The Morgan fingerprint density at radius 1 is 1.33 bits per heavy atom. The Kier molecular flexibility index (Phi) is 2.25. The zero-order valence-corrected chi connectivity index (χ0v) is 9.61. The summed E-state index contributed by atoms with van der Waals surface area (Å²) in [5, 5.41) is 12.9. The van der Waals surface area contributed by atoms with Crippen LogP contribution in [-0.4, -0.2) is 14.8 Å². The molecule has 0 amide bonds. The summed E-state index contributed by atoms with van der Waals surface area (Å²) in [4.78, 5) is 4.11. The molecule has 0 saturated carbocycles. The summed E-state index contributed by atoms with van der Waals surface area (Å²) in [6.07, 6.45) is 5.32. The van der Waals surface area contributed by atoms with Crippen LogP contribution in [0.5, 0.6) is 0 Å². The van der Waals surface area contributed by atoms with Gasteiger partial charge >= 0.3 is 0 Å². The van der Waals surface area contributed by atoms with Crippen molar-refractivity contribution in [3.63, 3.8) is 0 Å². The molecule has 18 heavy (non-hydrogen) atoms. The first-order chi connectivity index (χ1) is 8.71. The Labute approximate surface area is 104 Å². The van der Waals surface area contributed by atoms with E-state index in [1.807, 2.05) is 24.3 Å². The van der Waals surface area contributed by atoms with Crippen LogP contribution in [-0.2, 0) is 12.1 Å². The smallest absolute Gasteiger partial charge is 0.150 e. The summed E-state index contributed by atoms with van der Waals surface area (Å²) in [5.74, 6) is 0.810.